The average molecular weight is 223 g/mol. The molecule has 0 amide bonds. The number of likely N-dealkylation sites (N-methyl/N-ethyl adjacent to an activating group) is 1. The van der Waals surface area contributed by atoms with Crippen LogP contribution in [-0.2, 0) is 0 Å². The van der Waals surface area contributed by atoms with Gasteiger partial charge in [0.2, 0.25) is 0 Å². The molecule has 1 nitrogen and oxygen atoms in total. The van der Waals surface area contributed by atoms with E-state index in [-0.39, 0.29) is 5.82 Å². The van der Waals surface area contributed by atoms with Crippen LogP contribution in [0.4, 0.5) is 4.39 Å². The maximum atomic E-state index is 13.2. The Kier molecular flexibility index (Phi) is 4.94. The monoisotopic (exact) mass is 223 g/mol. The molecule has 2 heteroatoms. The van der Waals surface area contributed by atoms with Crippen molar-refractivity contribution in [2.75, 3.05) is 6.54 Å². The Morgan fingerprint density at radius 2 is 1.94 bits per heavy atom. The molecule has 0 fully saturated rings. The van der Waals surface area contributed by atoms with Gasteiger partial charge in [0, 0.05) is 6.04 Å². The van der Waals surface area contributed by atoms with E-state index in [2.05, 4.69) is 33.0 Å². The number of nitrogens with one attached hydrogen (secondary N) is 1. The van der Waals surface area contributed by atoms with E-state index in [0.29, 0.717) is 17.9 Å². The molecule has 0 spiro atoms. The first-order chi connectivity index (χ1) is 7.56. The van der Waals surface area contributed by atoms with Gasteiger partial charge in [0.25, 0.3) is 0 Å². The maximum absolute atomic E-state index is 13.2. The smallest absolute Gasteiger partial charge is 0.123 e. The minimum atomic E-state index is -0.150. The molecule has 0 saturated heterocycles. The summed E-state index contributed by atoms with van der Waals surface area (Å²) >= 11 is 0. The first kappa shape index (κ1) is 13.2. The van der Waals surface area contributed by atoms with Crippen molar-refractivity contribution < 1.29 is 4.39 Å². The standard InChI is InChI=1S/C14H22FN/c1-5-16-14(10(2)3)11(4)12-7-6-8-13(15)9-12/h6-11,14,16H,5H2,1-4H3. The molecule has 0 radical (unpaired) electrons. The summed E-state index contributed by atoms with van der Waals surface area (Å²) in [6.45, 7) is 9.60. The summed E-state index contributed by atoms with van der Waals surface area (Å²) in [5.41, 5.74) is 1.07. The zero-order chi connectivity index (χ0) is 12.1. The number of hydrogen-bond acceptors (Lipinski definition) is 1. The molecule has 2 atom stereocenters. The SMILES string of the molecule is CCNC(C(C)C)C(C)c1cccc(F)c1. The van der Waals surface area contributed by atoms with Crippen molar-refractivity contribution in [1.82, 2.24) is 5.32 Å². The van der Waals surface area contributed by atoms with Gasteiger partial charge in [-0.2, -0.15) is 0 Å². The second-order valence-corrected chi connectivity index (χ2v) is 4.67. The quantitative estimate of drug-likeness (QED) is 0.804. The van der Waals surface area contributed by atoms with E-state index in [1.807, 2.05) is 6.07 Å². The van der Waals surface area contributed by atoms with Gasteiger partial charge in [-0.15, -0.1) is 0 Å². The molecule has 0 aliphatic rings. The van der Waals surface area contributed by atoms with Gasteiger partial charge in [-0.25, -0.2) is 4.39 Å². The molecule has 16 heavy (non-hydrogen) atoms. The lowest BCUT2D eigenvalue weighted by molar-refractivity contribution is 0.359. The van der Waals surface area contributed by atoms with Gasteiger partial charge in [0.15, 0.2) is 0 Å². The number of rotatable bonds is 5. The molecule has 0 bridgehead atoms. The summed E-state index contributed by atoms with van der Waals surface area (Å²) in [6.07, 6.45) is 0. The van der Waals surface area contributed by atoms with Crippen LogP contribution in [0.5, 0.6) is 0 Å². The van der Waals surface area contributed by atoms with Gasteiger partial charge < -0.3 is 5.32 Å². The van der Waals surface area contributed by atoms with Crippen LogP contribution in [0.25, 0.3) is 0 Å². The molecule has 1 N–H and O–H groups in total. The highest BCUT2D eigenvalue weighted by Gasteiger charge is 2.21. The third-order valence-electron chi connectivity index (χ3n) is 3.07. The van der Waals surface area contributed by atoms with Gasteiger partial charge >= 0.3 is 0 Å². The lowest BCUT2D eigenvalue weighted by Gasteiger charge is -2.28. The highest BCUT2D eigenvalue weighted by atomic mass is 19.1. The molecule has 0 saturated carbocycles. The van der Waals surface area contributed by atoms with Crippen LogP contribution < -0.4 is 5.32 Å². The summed E-state index contributed by atoms with van der Waals surface area (Å²) in [4.78, 5) is 0. The van der Waals surface area contributed by atoms with Gasteiger partial charge in [-0.1, -0.05) is 39.8 Å². The Hall–Kier alpha value is -0.890. The first-order valence-corrected chi connectivity index (χ1v) is 6.05. The van der Waals surface area contributed by atoms with Crippen molar-refractivity contribution in [2.24, 2.45) is 5.92 Å². The van der Waals surface area contributed by atoms with Crippen LogP contribution in [-0.4, -0.2) is 12.6 Å². The van der Waals surface area contributed by atoms with Gasteiger partial charge in [-0.3, -0.25) is 0 Å². The van der Waals surface area contributed by atoms with E-state index < -0.39 is 0 Å². The van der Waals surface area contributed by atoms with E-state index in [4.69, 9.17) is 0 Å². The first-order valence-electron chi connectivity index (χ1n) is 6.05. The summed E-state index contributed by atoms with van der Waals surface area (Å²) < 4.78 is 13.2. The van der Waals surface area contributed by atoms with Crippen molar-refractivity contribution >= 4 is 0 Å². The average Bonchev–Trinajstić information content (AvgIpc) is 2.24. The van der Waals surface area contributed by atoms with Crippen LogP contribution in [0.3, 0.4) is 0 Å². The number of benzene rings is 1. The van der Waals surface area contributed by atoms with Crippen molar-refractivity contribution in [3.05, 3.63) is 35.6 Å². The highest BCUT2D eigenvalue weighted by Crippen LogP contribution is 2.24. The Balaban J connectivity index is 2.85. The molecule has 1 aromatic rings. The molecule has 90 valence electrons. The topological polar surface area (TPSA) is 12.0 Å². The van der Waals surface area contributed by atoms with Crippen molar-refractivity contribution in [3.8, 4) is 0 Å². The van der Waals surface area contributed by atoms with E-state index in [9.17, 15) is 4.39 Å². The summed E-state index contributed by atoms with van der Waals surface area (Å²) in [7, 11) is 0. The maximum Gasteiger partial charge on any atom is 0.123 e. The zero-order valence-electron chi connectivity index (χ0n) is 10.6. The third kappa shape index (κ3) is 3.31. The Morgan fingerprint density at radius 3 is 2.44 bits per heavy atom. The molecular weight excluding hydrogens is 201 g/mol. The summed E-state index contributed by atoms with van der Waals surface area (Å²) in [5.74, 6) is 0.720. The zero-order valence-corrected chi connectivity index (χ0v) is 10.6. The second-order valence-electron chi connectivity index (χ2n) is 4.67. The van der Waals surface area contributed by atoms with Crippen molar-refractivity contribution in [1.29, 1.82) is 0 Å². The highest BCUT2D eigenvalue weighted by molar-refractivity contribution is 5.21. The molecule has 0 aliphatic heterocycles. The van der Waals surface area contributed by atoms with Crippen LogP contribution >= 0.6 is 0 Å². The van der Waals surface area contributed by atoms with Crippen LogP contribution in [0, 0.1) is 11.7 Å². The molecule has 1 aromatic carbocycles. The molecule has 0 heterocycles. The summed E-state index contributed by atoms with van der Waals surface area (Å²) in [6, 6.07) is 7.31. The predicted octanol–water partition coefficient (Wildman–Crippen LogP) is 3.56. The molecule has 1 rings (SSSR count). The fraction of sp³-hybridized carbons (Fsp3) is 0.571. The Morgan fingerprint density at radius 1 is 1.25 bits per heavy atom. The van der Waals surface area contributed by atoms with Crippen LogP contribution in [0.15, 0.2) is 24.3 Å². The minimum absolute atomic E-state index is 0.150. The second kappa shape index (κ2) is 6.00. The molecule has 2 unspecified atom stereocenters. The third-order valence-corrected chi connectivity index (χ3v) is 3.07. The molecule has 0 aliphatic carbocycles. The normalized spacial score (nSPS) is 15.1. The number of halogens is 1. The molecule has 0 aromatic heterocycles. The molecular formula is C14H22FN. The summed E-state index contributed by atoms with van der Waals surface area (Å²) in [5, 5.41) is 3.48. The lowest BCUT2D eigenvalue weighted by Crippen LogP contribution is -2.38. The predicted molar refractivity (Wildman–Crippen MR) is 67.1 cm³/mol. The van der Waals surface area contributed by atoms with Crippen LogP contribution in [0.1, 0.15) is 39.2 Å². The fourth-order valence-electron chi connectivity index (χ4n) is 2.22. The van der Waals surface area contributed by atoms with Crippen molar-refractivity contribution in [3.63, 3.8) is 0 Å². The Labute approximate surface area is 98.1 Å². The fourth-order valence-corrected chi connectivity index (χ4v) is 2.22. The van der Waals surface area contributed by atoms with Crippen molar-refractivity contribution in [2.45, 2.75) is 39.7 Å². The minimum Gasteiger partial charge on any atom is -0.313 e. The van der Waals surface area contributed by atoms with Gasteiger partial charge in [0.05, 0.1) is 0 Å². The lowest BCUT2D eigenvalue weighted by atomic mass is 9.86. The van der Waals surface area contributed by atoms with E-state index in [1.54, 1.807) is 12.1 Å². The van der Waals surface area contributed by atoms with Gasteiger partial charge in [0.1, 0.15) is 5.82 Å². The Bertz CT molecular complexity index is 322. The number of hydrogen-bond donors (Lipinski definition) is 1. The van der Waals surface area contributed by atoms with E-state index in [1.165, 1.54) is 6.07 Å². The van der Waals surface area contributed by atoms with E-state index >= 15 is 0 Å². The largest absolute Gasteiger partial charge is 0.313 e. The van der Waals surface area contributed by atoms with E-state index in [0.717, 1.165) is 12.1 Å². The van der Waals surface area contributed by atoms with Gasteiger partial charge in [-0.05, 0) is 36.1 Å². The van der Waals surface area contributed by atoms with Crippen LogP contribution in [0.2, 0.25) is 0 Å².